The van der Waals surface area contributed by atoms with Gasteiger partial charge in [-0.1, -0.05) is 20.8 Å². The van der Waals surface area contributed by atoms with Crippen LogP contribution >= 0.6 is 0 Å². The molecule has 0 atom stereocenters. The zero-order chi connectivity index (χ0) is 20.1. The number of nitrogen functional groups attached to an aromatic ring is 1. The van der Waals surface area contributed by atoms with E-state index in [1.807, 2.05) is 10.6 Å². The first-order valence-corrected chi connectivity index (χ1v) is 8.83. The highest BCUT2D eigenvalue weighted by Crippen LogP contribution is 2.34. The number of aliphatic hydroxyl groups is 1. The van der Waals surface area contributed by atoms with Crippen LogP contribution in [-0.2, 0) is 16.7 Å². The van der Waals surface area contributed by atoms with Crippen molar-refractivity contribution in [1.29, 1.82) is 0 Å². The highest BCUT2D eigenvalue weighted by atomic mass is 16.5. The van der Waals surface area contributed by atoms with Crippen LogP contribution in [0, 0.1) is 0 Å². The second kappa shape index (κ2) is 6.20. The van der Waals surface area contributed by atoms with Gasteiger partial charge in [0.1, 0.15) is 11.3 Å². The lowest BCUT2D eigenvalue weighted by Crippen LogP contribution is -2.30. The van der Waals surface area contributed by atoms with Crippen LogP contribution < -0.4 is 5.73 Å². The van der Waals surface area contributed by atoms with Crippen molar-refractivity contribution in [3.8, 4) is 0 Å². The molecule has 0 saturated carbocycles. The van der Waals surface area contributed by atoms with Gasteiger partial charge in [0.25, 0.3) is 0 Å². The number of aromatic nitrogens is 3. The molecule has 0 spiro atoms. The van der Waals surface area contributed by atoms with E-state index in [0.717, 1.165) is 16.7 Å². The number of imidazole rings is 1. The predicted molar refractivity (Wildman–Crippen MR) is 106 cm³/mol. The van der Waals surface area contributed by atoms with Gasteiger partial charge in [-0.15, -0.1) is 0 Å². The van der Waals surface area contributed by atoms with Gasteiger partial charge >= 0.3 is 5.97 Å². The van der Waals surface area contributed by atoms with E-state index >= 15 is 0 Å². The molecule has 3 rings (SSSR count). The topological polar surface area (TPSA) is 103 Å². The van der Waals surface area contributed by atoms with Gasteiger partial charge in [-0.25, -0.2) is 14.8 Å². The molecule has 0 fully saturated rings. The second-order valence-electron chi connectivity index (χ2n) is 8.50. The number of carbonyl (C=O) groups excluding carboxylic acids is 1. The third kappa shape index (κ3) is 3.47. The molecule has 0 aliphatic carbocycles. The van der Waals surface area contributed by atoms with Crippen LogP contribution in [-0.4, -0.2) is 38.3 Å². The minimum Gasteiger partial charge on any atom is -0.465 e. The summed E-state index contributed by atoms with van der Waals surface area (Å²) in [5.41, 5.74) is 7.40. The van der Waals surface area contributed by atoms with Crippen LogP contribution in [0.25, 0.3) is 21.9 Å². The van der Waals surface area contributed by atoms with Crippen LogP contribution in [0.15, 0.2) is 18.2 Å². The Morgan fingerprint density at radius 3 is 2.44 bits per heavy atom. The number of ether oxygens (including phenoxy) is 1. The van der Waals surface area contributed by atoms with E-state index < -0.39 is 11.6 Å². The molecule has 2 aromatic heterocycles. The van der Waals surface area contributed by atoms with E-state index in [1.54, 1.807) is 26.0 Å². The zero-order valence-corrected chi connectivity index (χ0v) is 16.6. The molecule has 0 saturated heterocycles. The maximum Gasteiger partial charge on any atom is 0.337 e. The van der Waals surface area contributed by atoms with Gasteiger partial charge in [0.2, 0.25) is 0 Å². The first-order chi connectivity index (χ1) is 12.4. The van der Waals surface area contributed by atoms with Gasteiger partial charge in [0, 0.05) is 10.8 Å². The van der Waals surface area contributed by atoms with Gasteiger partial charge in [0.05, 0.1) is 35.9 Å². The monoisotopic (exact) mass is 370 g/mol. The van der Waals surface area contributed by atoms with Gasteiger partial charge in [0.15, 0.2) is 5.82 Å². The van der Waals surface area contributed by atoms with Crippen molar-refractivity contribution in [2.45, 2.75) is 52.2 Å². The number of rotatable bonds is 3. The highest BCUT2D eigenvalue weighted by molar-refractivity contribution is 6.08. The van der Waals surface area contributed by atoms with E-state index in [1.165, 1.54) is 7.11 Å². The number of methoxy groups -OCH3 is 1. The van der Waals surface area contributed by atoms with Crippen LogP contribution in [0.2, 0.25) is 0 Å². The average molecular weight is 370 g/mol. The summed E-state index contributed by atoms with van der Waals surface area (Å²) in [6.07, 6.45) is 0. The number of esters is 1. The standard InChI is InChI=1S/C20H26N4O3/c1-19(2,3)18-23-14-15(24(18)10-20(4,5)26)12-8-7-11(17(25)27-6)9-13(12)22-16(14)21/h7-9,26H,10H2,1-6H3,(H2,21,22). The molecule has 144 valence electrons. The second-order valence-corrected chi connectivity index (χ2v) is 8.50. The third-order valence-electron chi connectivity index (χ3n) is 4.34. The van der Waals surface area contributed by atoms with Crippen molar-refractivity contribution < 1.29 is 14.6 Å². The lowest BCUT2D eigenvalue weighted by molar-refractivity contribution is 0.0597. The smallest absolute Gasteiger partial charge is 0.337 e. The summed E-state index contributed by atoms with van der Waals surface area (Å²) in [5, 5.41) is 11.3. The third-order valence-corrected chi connectivity index (χ3v) is 4.34. The summed E-state index contributed by atoms with van der Waals surface area (Å²) in [6, 6.07) is 5.18. The molecule has 0 radical (unpaired) electrons. The Morgan fingerprint density at radius 1 is 1.22 bits per heavy atom. The van der Waals surface area contributed by atoms with Crippen molar-refractivity contribution in [3.63, 3.8) is 0 Å². The van der Waals surface area contributed by atoms with Gasteiger partial charge in [-0.05, 0) is 32.0 Å². The van der Waals surface area contributed by atoms with E-state index in [-0.39, 0.29) is 5.41 Å². The van der Waals surface area contributed by atoms with Gasteiger partial charge in [-0.2, -0.15) is 0 Å². The largest absolute Gasteiger partial charge is 0.465 e. The number of anilines is 1. The summed E-state index contributed by atoms with van der Waals surface area (Å²) in [6.45, 7) is 10.1. The Hall–Kier alpha value is -2.67. The summed E-state index contributed by atoms with van der Waals surface area (Å²) in [7, 11) is 1.34. The Kier molecular flexibility index (Phi) is 4.38. The van der Waals surface area contributed by atoms with E-state index in [0.29, 0.717) is 29.0 Å². The molecular weight excluding hydrogens is 344 g/mol. The zero-order valence-electron chi connectivity index (χ0n) is 16.6. The molecule has 0 amide bonds. The number of nitrogens with zero attached hydrogens (tertiary/aromatic N) is 3. The SMILES string of the molecule is COC(=O)c1ccc2c(c1)nc(N)c1nc(C(C)(C)C)n(CC(C)(C)O)c12. The molecule has 27 heavy (non-hydrogen) atoms. The van der Waals surface area contributed by atoms with Crippen LogP contribution in [0.3, 0.4) is 0 Å². The Balaban J connectivity index is 2.42. The molecular formula is C20H26N4O3. The van der Waals surface area contributed by atoms with Gasteiger partial charge in [-0.3, -0.25) is 0 Å². The van der Waals surface area contributed by atoms with Crippen molar-refractivity contribution >= 4 is 33.7 Å². The number of nitrogens with two attached hydrogens (primary N) is 1. The molecule has 2 heterocycles. The predicted octanol–water partition coefficient (Wildman–Crippen LogP) is 3.02. The molecule has 3 aromatic rings. The molecule has 0 bridgehead atoms. The minimum atomic E-state index is -0.941. The lowest BCUT2D eigenvalue weighted by Gasteiger charge is -2.25. The first kappa shape index (κ1) is 19.1. The Morgan fingerprint density at radius 2 is 1.89 bits per heavy atom. The molecule has 0 unspecified atom stereocenters. The van der Waals surface area contributed by atoms with Gasteiger partial charge < -0.3 is 20.1 Å². The van der Waals surface area contributed by atoms with Crippen molar-refractivity contribution in [1.82, 2.24) is 14.5 Å². The molecule has 7 heteroatoms. The minimum absolute atomic E-state index is 0.255. The molecule has 3 N–H and O–H groups in total. The van der Waals surface area contributed by atoms with E-state index in [2.05, 4.69) is 25.8 Å². The molecule has 1 aromatic carbocycles. The Bertz CT molecular complexity index is 1040. The fourth-order valence-electron chi connectivity index (χ4n) is 3.27. The quantitative estimate of drug-likeness (QED) is 0.687. The lowest BCUT2D eigenvalue weighted by atomic mass is 9.95. The van der Waals surface area contributed by atoms with Crippen LogP contribution in [0.4, 0.5) is 5.82 Å². The highest BCUT2D eigenvalue weighted by Gasteiger charge is 2.28. The fourth-order valence-corrected chi connectivity index (χ4v) is 3.27. The number of hydrogen-bond acceptors (Lipinski definition) is 6. The summed E-state index contributed by atoms with van der Waals surface area (Å²) >= 11 is 0. The van der Waals surface area contributed by atoms with Crippen molar-refractivity contribution in [3.05, 3.63) is 29.6 Å². The average Bonchev–Trinajstić information content (AvgIpc) is 2.92. The molecule has 7 nitrogen and oxygen atoms in total. The Labute approximate surface area is 158 Å². The maximum atomic E-state index is 11.9. The fraction of sp³-hybridized carbons (Fsp3) is 0.450. The molecule has 0 aliphatic heterocycles. The van der Waals surface area contributed by atoms with E-state index in [4.69, 9.17) is 15.5 Å². The number of hydrogen-bond donors (Lipinski definition) is 2. The molecule has 0 aliphatic rings. The first-order valence-electron chi connectivity index (χ1n) is 8.83. The number of fused-ring (bicyclic) bond motifs is 3. The summed E-state index contributed by atoms with van der Waals surface area (Å²) in [5.74, 6) is 0.676. The van der Waals surface area contributed by atoms with Crippen LogP contribution in [0.1, 0.15) is 50.8 Å². The summed E-state index contributed by atoms with van der Waals surface area (Å²) in [4.78, 5) is 21.1. The normalized spacial score (nSPS) is 12.7. The number of carbonyl (C=O) groups is 1. The van der Waals surface area contributed by atoms with Crippen molar-refractivity contribution in [2.75, 3.05) is 12.8 Å². The summed E-state index contributed by atoms with van der Waals surface area (Å²) < 4.78 is 6.80. The number of pyridine rings is 1. The van der Waals surface area contributed by atoms with E-state index in [9.17, 15) is 9.90 Å². The van der Waals surface area contributed by atoms with Crippen molar-refractivity contribution in [2.24, 2.45) is 0 Å². The van der Waals surface area contributed by atoms with Crippen LogP contribution in [0.5, 0.6) is 0 Å². The number of benzene rings is 1. The maximum absolute atomic E-state index is 11.9.